The predicted octanol–water partition coefficient (Wildman–Crippen LogP) is 2.83. The van der Waals surface area contributed by atoms with Gasteiger partial charge >= 0.3 is 6.18 Å². The molecule has 1 heterocycles. The number of halogens is 3. The topological polar surface area (TPSA) is 46.3 Å². The van der Waals surface area contributed by atoms with Gasteiger partial charge in [0.1, 0.15) is 0 Å². The molecule has 0 saturated carbocycles. The maximum atomic E-state index is 12.7. The third-order valence-electron chi connectivity index (χ3n) is 4.18. The minimum Gasteiger partial charge on any atom is -0.338 e. The third-order valence-corrected chi connectivity index (χ3v) is 4.18. The Labute approximate surface area is 128 Å². The van der Waals surface area contributed by atoms with Gasteiger partial charge in [-0.05, 0) is 30.4 Å². The molecule has 0 spiro atoms. The molecule has 22 heavy (non-hydrogen) atoms. The molecule has 2 atom stereocenters. The van der Waals surface area contributed by atoms with E-state index in [0.29, 0.717) is 24.6 Å². The highest BCUT2D eigenvalue weighted by Crippen LogP contribution is 2.30. The molecule has 0 aliphatic carbocycles. The normalized spacial score (nSPS) is 22.7. The summed E-state index contributed by atoms with van der Waals surface area (Å²) in [6.45, 7) is 3.14. The van der Waals surface area contributed by atoms with E-state index in [1.54, 1.807) is 11.0 Å². The first-order chi connectivity index (χ1) is 10.3. The summed E-state index contributed by atoms with van der Waals surface area (Å²) in [4.78, 5) is 14.1. The maximum Gasteiger partial charge on any atom is 0.416 e. The van der Waals surface area contributed by atoms with Crippen LogP contribution in [0.15, 0.2) is 24.3 Å². The molecule has 1 aliphatic heterocycles. The van der Waals surface area contributed by atoms with E-state index in [1.807, 2.05) is 0 Å². The molecular weight excluding hydrogens is 293 g/mol. The average molecular weight is 314 g/mol. The standard InChI is InChI=1S/C16H21F3N2O/c1-11-5-6-21(14(7-11)10-20)15(22)9-12-3-2-4-13(8-12)16(17,18)19/h2-4,8,11,14H,5-7,9-10,20H2,1H3. The molecule has 1 fully saturated rings. The molecule has 1 aromatic carbocycles. The fraction of sp³-hybridized carbons (Fsp3) is 0.562. The number of nitrogens with zero attached hydrogens (tertiary/aromatic N) is 1. The molecule has 0 radical (unpaired) electrons. The molecule has 6 heteroatoms. The number of hydrogen-bond donors (Lipinski definition) is 1. The van der Waals surface area contributed by atoms with Crippen LogP contribution in [-0.2, 0) is 17.4 Å². The Morgan fingerprint density at radius 2 is 2.14 bits per heavy atom. The van der Waals surface area contributed by atoms with E-state index in [-0.39, 0.29) is 18.4 Å². The van der Waals surface area contributed by atoms with Crippen molar-refractivity contribution in [2.24, 2.45) is 11.7 Å². The second-order valence-corrected chi connectivity index (χ2v) is 5.98. The minimum atomic E-state index is -4.39. The number of amides is 1. The zero-order valence-electron chi connectivity index (χ0n) is 12.6. The van der Waals surface area contributed by atoms with Crippen LogP contribution in [0.2, 0.25) is 0 Å². The smallest absolute Gasteiger partial charge is 0.338 e. The number of rotatable bonds is 3. The van der Waals surface area contributed by atoms with Crippen molar-refractivity contribution in [2.75, 3.05) is 13.1 Å². The lowest BCUT2D eigenvalue weighted by molar-refractivity contribution is -0.138. The number of benzene rings is 1. The summed E-state index contributed by atoms with van der Waals surface area (Å²) in [7, 11) is 0. The zero-order chi connectivity index (χ0) is 16.3. The molecule has 2 N–H and O–H groups in total. The Morgan fingerprint density at radius 1 is 1.41 bits per heavy atom. The van der Waals surface area contributed by atoms with Crippen LogP contribution in [0.3, 0.4) is 0 Å². The summed E-state index contributed by atoms with van der Waals surface area (Å²) in [6, 6.07) is 4.93. The average Bonchev–Trinajstić information content (AvgIpc) is 2.46. The first kappa shape index (κ1) is 16.8. The van der Waals surface area contributed by atoms with Crippen LogP contribution >= 0.6 is 0 Å². The quantitative estimate of drug-likeness (QED) is 0.932. The number of likely N-dealkylation sites (tertiary alicyclic amines) is 1. The van der Waals surface area contributed by atoms with Crippen LogP contribution in [0.25, 0.3) is 0 Å². The van der Waals surface area contributed by atoms with Gasteiger partial charge in [-0.3, -0.25) is 4.79 Å². The maximum absolute atomic E-state index is 12.7. The van der Waals surface area contributed by atoms with Gasteiger partial charge < -0.3 is 10.6 Å². The van der Waals surface area contributed by atoms with Crippen molar-refractivity contribution >= 4 is 5.91 Å². The van der Waals surface area contributed by atoms with Crippen LogP contribution in [0.1, 0.15) is 30.9 Å². The number of hydrogen-bond acceptors (Lipinski definition) is 2. The summed E-state index contributed by atoms with van der Waals surface area (Å²) in [5, 5.41) is 0. The lowest BCUT2D eigenvalue weighted by Crippen LogP contribution is -2.49. The van der Waals surface area contributed by atoms with Gasteiger partial charge in [0.2, 0.25) is 5.91 Å². The van der Waals surface area contributed by atoms with E-state index in [1.165, 1.54) is 6.07 Å². The van der Waals surface area contributed by atoms with Crippen molar-refractivity contribution in [1.82, 2.24) is 4.90 Å². The second-order valence-electron chi connectivity index (χ2n) is 5.98. The van der Waals surface area contributed by atoms with Crippen LogP contribution in [-0.4, -0.2) is 29.9 Å². The minimum absolute atomic E-state index is 0.0120. The highest BCUT2D eigenvalue weighted by atomic mass is 19.4. The molecule has 1 saturated heterocycles. The van der Waals surface area contributed by atoms with Crippen molar-refractivity contribution in [3.8, 4) is 0 Å². The summed E-state index contributed by atoms with van der Waals surface area (Å²) in [6.07, 6.45) is -2.65. The molecule has 1 aliphatic rings. The summed E-state index contributed by atoms with van der Waals surface area (Å²) >= 11 is 0. The first-order valence-corrected chi connectivity index (χ1v) is 7.47. The van der Waals surface area contributed by atoms with Gasteiger partial charge in [-0.2, -0.15) is 13.2 Å². The Hall–Kier alpha value is -1.56. The van der Waals surface area contributed by atoms with Crippen molar-refractivity contribution < 1.29 is 18.0 Å². The summed E-state index contributed by atoms with van der Waals surface area (Å²) in [5.74, 6) is 0.368. The van der Waals surface area contributed by atoms with Crippen molar-refractivity contribution in [3.05, 3.63) is 35.4 Å². The van der Waals surface area contributed by atoms with Gasteiger partial charge in [-0.1, -0.05) is 25.1 Å². The Bertz CT molecular complexity index is 530. The number of nitrogens with two attached hydrogens (primary N) is 1. The number of carbonyl (C=O) groups excluding carboxylic acids is 1. The Balaban J connectivity index is 2.08. The van der Waals surface area contributed by atoms with E-state index in [0.717, 1.165) is 25.0 Å². The van der Waals surface area contributed by atoms with Crippen LogP contribution < -0.4 is 5.73 Å². The summed E-state index contributed by atoms with van der Waals surface area (Å²) < 4.78 is 38.1. The highest BCUT2D eigenvalue weighted by molar-refractivity contribution is 5.79. The van der Waals surface area contributed by atoms with Crippen LogP contribution in [0.5, 0.6) is 0 Å². The highest BCUT2D eigenvalue weighted by Gasteiger charge is 2.31. The van der Waals surface area contributed by atoms with Gasteiger partial charge in [0.05, 0.1) is 12.0 Å². The van der Waals surface area contributed by atoms with Crippen LogP contribution in [0, 0.1) is 5.92 Å². The van der Waals surface area contributed by atoms with Crippen molar-refractivity contribution in [3.63, 3.8) is 0 Å². The summed E-state index contributed by atoms with van der Waals surface area (Å²) in [5.41, 5.74) is 5.39. The van der Waals surface area contributed by atoms with Crippen molar-refractivity contribution in [2.45, 2.75) is 38.4 Å². The van der Waals surface area contributed by atoms with Gasteiger partial charge in [-0.15, -0.1) is 0 Å². The van der Waals surface area contributed by atoms with Gasteiger partial charge in [0, 0.05) is 19.1 Å². The molecule has 2 rings (SSSR count). The van der Waals surface area contributed by atoms with E-state index in [2.05, 4.69) is 6.92 Å². The van der Waals surface area contributed by atoms with Crippen molar-refractivity contribution in [1.29, 1.82) is 0 Å². The number of piperidine rings is 1. The molecule has 1 aromatic rings. The first-order valence-electron chi connectivity index (χ1n) is 7.47. The lowest BCUT2D eigenvalue weighted by Gasteiger charge is -2.38. The van der Waals surface area contributed by atoms with E-state index >= 15 is 0 Å². The fourth-order valence-corrected chi connectivity index (χ4v) is 2.94. The van der Waals surface area contributed by atoms with E-state index in [9.17, 15) is 18.0 Å². The van der Waals surface area contributed by atoms with Gasteiger partial charge in [0.15, 0.2) is 0 Å². The third kappa shape index (κ3) is 4.00. The molecule has 3 nitrogen and oxygen atoms in total. The van der Waals surface area contributed by atoms with E-state index < -0.39 is 11.7 Å². The predicted molar refractivity (Wildman–Crippen MR) is 78.1 cm³/mol. The molecule has 0 bridgehead atoms. The largest absolute Gasteiger partial charge is 0.416 e. The lowest BCUT2D eigenvalue weighted by atomic mass is 9.92. The Kier molecular flexibility index (Phi) is 5.11. The number of alkyl halides is 3. The molecular formula is C16H21F3N2O. The van der Waals surface area contributed by atoms with Gasteiger partial charge in [-0.25, -0.2) is 0 Å². The molecule has 2 unspecified atom stereocenters. The SMILES string of the molecule is CC1CCN(C(=O)Cc2cccc(C(F)(F)F)c2)C(CN)C1. The second kappa shape index (κ2) is 6.69. The van der Waals surface area contributed by atoms with Gasteiger partial charge in [0.25, 0.3) is 0 Å². The van der Waals surface area contributed by atoms with E-state index in [4.69, 9.17) is 5.73 Å². The number of carbonyl (C=O) groups is 1. The molecule has 0 aromatic heterocycles. The molecule has 122 valence electrons. The van der Waals surface area contributed by atoms with Crippen LogP contribution in [0.4, 0.5) is 13.2 Å². The Morgan fingerprint density at radius 3 is 2.77 bits per heavy atom. The molecule has 1 amide bonds. The fourth-order valence-electron chi connectivity index (χ4n) is 2.94. The monoisotopic (exact) mass is 314 g/mol. The zero-order valence-corrected chi connectivity index (χ0v) is 12.6.